The number of carbonyl (C=O) groups is 1. The fraction of sp³-hybridized carbons (Fsp3) is 0.286. The van der Waals surface area contributed by atoms with Gasteiger partial charge in [0.2, 0.25) is 6.79 Å². The number of anilines is 3. The van der Waals surface area contributed by atoms with Gasteiger partial charge in [0.1, 0.15) is 5.52 Å². The van der Waals surface area contributed by atoms with Crippen LogP contribution in [0.2, 0.25) is 0 Å². The smallest absolute Gasteiger partial charge is 0.231 e. The third kappa shape index (κ3) is 3.11. The Hall–Kier alpha value is -4.00. The predicted molar refractivity (Wildman–Crippen MR) is 134 cm³/mol. The number of benzene rings is 3. The van der Waals surface area contributed by atoms with E-state index in [0.29, 0.717) is 34.5 Å². The molecule has 7 rings (SSSR count). The van der Waals surface area contributed by atoms with E-state index in [9.17, 15) is 4.79 Å². The second-order valence-electron chi connectivity index (χ2n) is 9.97. The van der Waals surface area contributed by atoms with Crippen LogP contribution in [0.3, 0.4) is 0 Å². The van der Waals surface area contributed by atoms with Crippen molar-refractivity contribution in [2.75, 3.05) is 30.1 Å². The van der Waals surface area contributed by atoms with E-state index in [1.165, 1.54) is 6.42 Å². The highest BCUT2D eigenvalue weighted by molar-refractivity contribution is 6.28. The lowest BCUT2D eigenvalue weighted by Crippen LogP contribution is -2.39. The van der Waals surface area contributed by atoms with Crippen LogP contribution in [-0.2, 0) is 0 Å². The van der Waals surface area contributed by atoms with E-state index in [2.05, 4.69) is 35.3 Å². The van der Waals surface area contributed by atoms with Crippen molar-refractivity contribution in [3.8, 4) is 22.8 Å². The Morgan fingerprint density at radius 1 is 0.971 bits per heavy atom. The van der Waals surface area contributed by atoms with Crippen molar-refractivity contribution < 1.29 is 18.8 Å². The number of aromatic nitrogens is 1. The van der Waals surface area contributed by atoms with Crippen LogP contribution in [0, 0.1) is 11.8 Å². The standard InChI is InChI=1S/C28H25N3O4/c1-15-9-16(2)13-31(12-15)21-11-20(29-17-7-8-22-23(10-17)34-14-33-22)24-25-26(21)30-35-28(25)19-6-4-3-5-18(19)27(24)32/h3-8,10-11,15-16,29H,9,12-14H2,1-2H3/t15-,16-/m1/s1. The Morgan fingerprint density at radius 2 is 1.74 bits per heavy atom. The molecule has 1 aromatic heterocycles. The maximum absolute atomic E-state index is 13.8. The molecular weight excluding hydrogens is 442 g/mol. The molecule has 4 aromatic rings. The van der Waals surface area contributed by atoms with E-state index >= 15 is 0 Å². The SMILES string of the molecule is C[C@@H]1C[C@@H](C)CN(c2cc(Nc3ccc4c(c3)OCO4)c3c4c(onc24)-c2ccccc2C3=O)C1. The topological polar surface area (TPSA) is 76.8 Å². The van der Waals surface area contributed by atoms with Gasteiger partial charge in [-0.05, 0) is 36.5 Å². The molecule has 7 heteroatoms. The molecule has 3 aliphatic rings. The summed E-state index contributed by atoms with van der Waals surface area (Å²) in [6.45, 7) is 6.67. The van der Waals surface area contributed by atoms with E-state index in [0.717, 1.165) is 52.4 Å². The minimum absolute atomic E-state index is 0.0310. The Kier molecular flexibility index (Phi) is 4.37. The van der Waals surface area contributed by atoms with Crippen molar-refractivity contribution in [1.82, 2.24) is 5.16 Å². The van der Waals surface area contributed by atoms with Gasteiger partial charge in [-0.25, -0.2) is 0 Å². The molecule has 0 saturated carbocycles. The van der Waals surface area contributed by atoms with Gasteiger partial charge < -0.3 is 24.2 Å². The molecule has 0 spiro atoms. The highest BCUT2D eigenvalue weighted by atomic mass is 16.7. The number of hydrogen-bond donors (Lipinski definition) is 1. The van der Waals surface area contributed by atoms with Crippen LogP contribution in [0.1, 0.15) is 36.2 Å². The number of nitrogens with one attached hydrogen (secondary N) is 1. The Labute approximate surface area is 202 Å². The number of ether oxygens (including phenoxy) is 2. The molecule has 7 nitrogen and oxygen atoms in total. The van der Waals surface area contributed by atoms with Crippen molar-refractivity contribution >= 4 is 33.7 Å². The zero-order valence-electron chi connectivity index (χ0n) is 19.6. The average molecular weight is 468 g/mol. The minimum Gasteiger partial charge on any atom is -0.454 e. The summed E-state index contributed by atoms with van der Waals surface area (Å²) in [6, 6.07) is 15.4. The third-order valence-electron chi connectivity index (χ3n) is 7.24. The van der Waals surface area contributed by atoms with Crippen molar-refractivity contribution in [3.63, 3.8) is 0 Å². The molecule has 35 heavy (non-hydrogen) atoms. The number of ketones is 1. The molecule has 176 valence electrons. The normalized spacial score (nSPS) is 20.3. The molecular formula is C28H25N3O4. The van der Waals surface area contributed by atoms with Crippen LogP contribution in [-0.4, -0.2) is 30.8 Å². The molecule has 1 saturated heterocycles. The molecule has 2 aliphatic heterocycles. The first kappa shape index (κ1) is 20.4. The van der Waals surface area contributed by atoms with Crippen molar-refractivity contribution in [3.05, 3.63) is 59.7 Å². The van der Waals surface area contributed by atoms with Crippen molar-refractivity contribution in [1.29, 1.82) is 0 Å². The Balaban J connectivity index is 1.44. The van der Waals surface area contributed by atoms with E-state index in [4.69, 9.17) is 14.0 Å². The molecule has 1 aliphatic carbocycles. The Morgan fingerprint density at radius 3 is 2.57 bits per heavy atom. The zero-order chi connectivity index (χ0) is 23.7. The number of rotatable bonds is 3. The maximum Gasteiger partial charge on any atom is 0.231 e. The number of carbonyl (C=O) groups excluding carboxylic acids is 1. The number of nitrogens with zero attached hydrogens (tertiary/aromatic N) is 2. The van der Waals surface area contributed by atoms with E-state index < -0.39 is 0 Å². The zero-order valence-corrected chi connectivity index (χ0v) is 19.6. The van der Waals surface area contributed by atoms with Crippen LogP contribution in [0.15, 0.2) is 53.1 Å². The van der Waals surface area contributed by atoms with Crippen LogP contribution < -0.4 is 19.7 Å². The van der Waals surface area contributed by atoms with Crippen molar-refractivity contribution in [2.45, 2.75) is 20.3 Å². The van der Waals surface area contributed by atoms with Crippen LogP contribution in [0.5, 0.6) is 11.5 Å². The molecule has 1 fully saturated rings. The largest absolute Gasteiger partial charge is 0.454 e. The summed E-state index contributed by atoms with van der Waals surface area (Å²) in [4.78, 5) is 16.2. The minimum atomic E-state index is -0.0310. The second-order valence-corrected chi connectivity index (χ2v) is 9.97. The molecule has 1 N–H and O–H groups in total. The molecule has 3 heterocycles. The van der Waals surface area contributed by atoms with Gasteiger partial charge in [-0.1, -0.05) is 43.3 Å². The molecule has 3 aromatic carbocycles. The van der Waals surface area contributed by atoms with Gasteiger partial charge in [0.05, 0.1) is 22.3 Å². The van der Waals surface area contributed by atoms with Gasteiger partial charge >= 0.3 is 0 Å². The first-order chi connectivity index (χ1) is 17.1. The molecule has 2 atom stereocenters. The quantitative estimate of drug-likeness (QED) is 0.349. The highest BCUT2D eigenvalue weighted by Crippen LogP contribution is 2.47. The lowest BCUT2D eigenvalue weighted by Gasteiger charge is -2.37. The summed E-state index contributed by atoms with van der Waals surface area (Å²) in [6.07, 6.45) is 1.20. The Bertz CT molecular complexity index is 1500. The summed E-state index contributed by atoms with van der Waals surface area (Å²) in [5.74, 6) is 3.16. The number of hydrogen-bond acceptors (Lipinski definition) is 7. The fourth-order valence-corrected chi connectivity index (χ4v) is 5.87. The molecule has 0 bridgehead atoms. The van der Waals surface area contributed by atoms with E-state index in [-0.39, 0.29) is 12.6 Å². The molecule has 0 amide bonds. The van der Waals surface area contributed by atoms with Crippen LogP contribution >= 0.6 is 0 Å². The van der Waals surface area contributed by atoms with Crippen molar-refractivity contribution in [2.24, 2.45) is 11.8 Å². The second kappa shape index (κ2) is 7.50. The first-order valence-corrected chi connectivity index (χ1v) is 12.1. The fourth-order valence-electron chi connectivity index (χ4n) is 5.87. The van der Waals surface area contributed by atoms with Gasteiger partial charge in [-0.2, -0.15) is 0 Å². The highest BCUT2D eigenvalue weighted by Gasteiger charge is 2.35. The maximum atomic E-state index is 13.8. The summed E-state index contributed by atoms with van der Waals surface area (Å²) in [5.41, 5.74) is 5.30. The van der Waals surface area contributed by atoms with Gasteiger partial charge in [-0.15, -0.1) is 0 Å². The number of piperidine rings is 1. The monoisotopic (exact) mass is 467 g/mol. The summed E-state index contributed by atoms with van der Waals surface area (Å²) in [7, 11) is 0. The molecule has 0 unspecified atom stereocenters. The van der Waals surface area contributed by atoms with E-state index in [1.54, 1.807) is 0 Å². The first-order valence-electron chi connectivity index (χ1n) is 12.1. The van der Waals surface area contributed by atoms with Gasteiger partial charge in [0.15, 0.2) is 23.0 Å². The number of fused-ring (bicyclic) bond motifs is 3. The summed E-state index contributed by atoms with van der Waals surface area (Å²) >= 11 is 0. The summed E-state index contributed by atoms with van der Waals surface area (Å²) in [5, 5.41) is 8.80. The van der Waals surface area contributed by atoms with Gasteiger partial charge in [0, 0.05) is 36.0 Å². The predicted octanol–water partition coefficient (Wildman–Crippen LogP) is 5.99. The lowest BCUT2D eigenvalue weighted by atomic mass is 9.85. The summed E-state index contributed by atoms with van der Waals surface area (Å²) < 4.78 is 17.0. The van der Waals surface area contributed by atoms with Gasteiger partial charge in [0.25, 0.3) is 0 Å². The van der Waals surface area contributed by atoms with Crippen LogP contribution in [0.4, 0.5) is 17.1 Å². The van der Waals surface area contributed by atoms with E-state index in [1.807, 2.05) is 42.5 Å². The molecule has 0 radical (unpaired) electrons. The third-order valence-corrected chi connectivity index (χ3v) is 7.24. The lowest BCUT2D eigenvalue weighted by molar-refractivity contribution is 0.104. The average Bonchev–Trinajstić information content (AvgIpc) is 3.49. The van der Waals surface area contributed by atoms with Gasteiger partial charge in [-0.3, -0.25) is 4.79 Å². The van der Waals surface area contributed by atoms with Crippen LogP contribution in [0.25, 0.3) is 22.2 Å².